The second kappa shape index (κ2) is 6.90. The van der Waals surface area contributed by atoms with Crippen molar-refractivity contribution in [1.82, 2.24) is 9.88 Å². The average molecular weight is 352 g/mol. The first-order chi connectivity index (χ1) is 12.3. The lowest BCUT2D eigenvalue weighted by atomic mass is 9.93. The van der Waals surface area contributed by atoms with Crippen molar-refractivity contribution in [3.05, 3.63) is 53.7 Å². The predicted molar refractivity (Wildman–Crippen MR) is 99.8 cm³/mol. The van der Waals surface area contributed by atoms with Gasteiger partial charge in [0.15, 0.2) is 0 Å². The van der Waals surface area contributed by atoms with Crippen LogP contribution in [0.5, 0.6) is 0 Å². The monoisotopic (exact) mass is 352 g/mol. The van der Waals surface area contributed by atoms with E-state index in [1.54, 1.807) is 24.4 Å². The number of benzene rings is 1. The molecule has 1 unspecified atom stereocenters. The van der Waals surface area contributed by atoms with E-state index < -0.39 is 11.4 Å². The van der Waals surface area contributed by atoms with Crippen LogP contribution < -0.4 is 0 Å². The van der Waals surface area contributed by atoms with Crippen molar-refractivity contribution >= 4 is 11.9 Å². The van der Waals surface area contributed by atoms with Crippen LogP contribution in [0.3, 0.4) is 0 Å². The van der Waals surface area contributed by atoms with Crippen LogP contribution in [0.4, 0.5) is 0 Å². The summed E-state index contributed by atoms with van der Waals surface area (Å²) in [6, 6.07) is 10.7. The summed E-state index contributed by atoms with van der Waals surface area (Å²) in [5, 5.41) is 9.19. The topological polar surface area (TPSA) is 70.5 Å². The van der Waals surface area contributed by atoms with E-state index in [2.05, 4.69) is 4.98 Å². The molecule has 5 nitrogen and oxygen atoms in total. The first kappa shape index (κ1) is 18.1. The van der Waals surface area contributed by atoms with Crippen LogP contribution in [0.1, 0.15) is 55.6 Å². The summed E-state index contributed by atoms with van der Waals surface area (Å²) >= 11 is 0. The van der Waals surface area contributed by atoms with Crippen molar-refractivity contribution in [2.24, 2.45) is 5.41 Å². The standard InChI is InChI=1S/C21H24N2O3/c1-21(2,3)20(26)23-11-5-8-18(23)15-9-10-22-17(13-15)14-6-4-7-16(12-14)19(24)25/h4,6-7,9-10,12-13,18H,5,8,11H2,1-3H3,(H,24,25). The Morgan fingerprint density at radius 3 is 2.65 bits per heavy atom. The van der Waals surface area contributed by atoms with Crippen molar-refractivity contribution in [3.63, 3.8) is 0 Å². The highest BCUT2D eigenvalue weighted by Crippen LogP contribution is 2.36. The van der Waals surface area contributed by atoms with E-state index in [9.17, 15) is 14.7 Å². The number of likely N-dealkylation sites (tertiary alicyclic amines) is 1. The Kier molecular flexibility index (Phi) is 4.81. The van der Waals surface area contributed by atoms with E-state index in [4.69, 9.17) is 0 Å². The highest BCUT2D eigenvalue weighted by molar-refractivity contribution is 5.89. The molecule has 0 aliphatic carbocycles. The Labute approximate surface area is 153 Å². The molecule has 0 radical (unpaired) electrons. The number of aromatic nitrogens is 1. The molecular formula is C21H24N2O3. The molecule has 1 aromatic carbocycles. The number of rotatable bonds is 3. The van der Waals surface area contributed by atoms with Gasteiger partial charge in [0.1, 0.15) is 0 Å². The molecule has 0 bridgehead atoms. The van der Waals surface area contributed by atoms with Crippen molar-refractivity contribution in [2.75, 3.05) is 6.54 Å². The molecule has 3 rings (SSSR count). The van der Waals surface area contributed by atoms with Crippen molar-refractivity contribution in [3.8, 4) is 11.3 Å². The maximum Gasteiger partial charge on any atom is 0.335 e. The Balaban J connectivity index is 1.93. The lowest BCUT2D eigenvalue weighted by molar-refractivity contribution is -0.140. The first-order valence-electron chi connectivity index (χ1n) is 8.88. The molecule has 1 amide bonds. The molecule has 1 aliphatic rings. The van der Waals surface area contributed by atoms with Gasteiger partial charge in [-0.3, -0.25) is 9.78 Å². The number of carbonyl (C=O) groups excluding carboxylic acids is 1. The molecule has 1 aliphatic heterocycles. The second-order valence-electron chi connectivity index (χ2n) is 7.77. The van der Waals surface area contributed by atoms with E-state index in [0.717, 1.165) is 36.2 Å². The summed E-state index contributed by atoms with van der Waals surface area (Å²) in [7, 11) is 0. The maximum atomic E-state index is 12.8. The quantitative estimate of drug-likeness (QED) is 0.900. The zero-order valence-electron chi connectivity index (χ0n) is 15.4. The van der Waals surface area contributed by atoms with E-state index in [0.29, 0.717) is 0 Å². The van der Waals surface area contributed by atoms with Gasteiger partial charge < -0.3 is 10.0 Å². The van der Waals surface area contributed by atoms with Gasteiger partial charge in [-0.05, 0) is 42.7 Å². The zero-order valence-corrected chi connectivity index (χ0v) is 15.4. The molecule has 1 fully saturated rings. The smallest absolute Gasteiger partial charge is 0.335 e. The first-order valence-corrected chi connectivity index (χ1v) is 8.88. The number of nitrogens with zero attached hydrogens (tertiary/aromatic N) is 2. The van der Waals surface area contributed by atoms with Crippen LogP contribution in [-0.2, 0) is 4.79 Å². The van der Waals surface area contributed by atoms with Crippen molar-refractivity contribution < 1.29 is 14.7 Å². The third-order valence-corrected chi connectivity index (χ3v) is 4.73. The lowest BCUT2D eigenvalue weighted by Gasteiger charge is -2.31. The Bertz CT molecular complexity index is 839. The minimum atomic E-state index is -0.958. The third kappa shape index (κ3) is 3.62. The number of carboxylic acids is 1. The number of hydrogen-bond acceptors (Lipinski definition) is 3. The average Bonchev–Trinajstić information content (AvgIpc) is 3.10. The van der Waals surface area contributed by atoms with Crippen LogP contribution in [0.2, 0.25) is 0 Å². The van der Waals surface area contributed by atoms with Crippen LogP contribution in [0.25, 0.3) is 11.3 Å². The lowest BCUT2D eigenvalue weighted by Crippen LogP contribution is -2.39. The minimum absolute atomic E-state index is 0.0473. The van der Waals surface area contributed by atoms with Gasteiger partial charge in [0.05, 0.1) is 17.3 Å². The normalized spacial score (nSPS) is 17.3. The summed E-state index contributed by atoms with van der Waals surface area (Å²) < 4.78 is 0. The molecule has 2 heterocycles. The zero-order chi connectivity index (χ0) is 18.9. The fraction of sp³-hybridized carbons (Fsp3) is 0.381. The fourth-order valence-corrected chi connectivity index (χ4v) is 3.41. The predicted octanol–water partition coefficient (Wildman–Crippen LogP) is 4.16. The number of pyridine rings is 1. The van der Waals surface area contributed by atoms with Crippen molar-refractivity contribution in [1.29, 1.82) is 0 Å². The summed E-state index contributed by atoms with van der Waals surface area (Å²) in [6.07, 6.45) is 3.65. The molecule has 2 aromatic rings. The van der Waals surface area contributed by atoms with Gasteiger partial charge in [-0.25, -0.2) is 4.79 Å². The van der Waals surface area contributed by atoms with E-state index >= 15 is 0 Å². The SMILES string of the molecule is CC(C)(C)C(=O)N1CCCC1c1ccnc(-c2cccc(C(=O)O)c2)c1. The number of hydrogen-bond donors (Lipinski definition) is 1. The number of amides is 1. The second-order valence-corrected chi connectivity index (χ2v) is 7.77. The Morgan fingerprint density at radius 1 is 1.19 bits per heavy atom. The van der Waals surface area contributed by atoms with Gasteiger partial charge in [0, 0.05) is 23.7 Å². The summed E-state index contributed by atoms with van der Waals surface area (Å²) in [5.41, 5.74) is 2.36. The highest BCUT2D eigenvalue weighted by atomic mass is 16.4. The van der Waals surface area contributed by atoms with Crippen molar-refractivity contribution in [2.45, 2.75) is 39.7 Å². The van der Waals surface area contributed by atoms with E-state index in [-0.39, 0.29) is 17.5 Å². The van der Waals surface area contributed by atoms with Crippen LogP contribution in [-0.4, -0.2) is 33.4 Å². The molecule has 26 heavy (non-hydrogen) atoms. The molecule has 1 atom stereocenters. The van der Waals surface area contributed by atoms with E-state index in [1.165, 1.54) is 0 Å². The summed E-state index contributed by atoms with van der Waals surface area (Å²) in [6.45, 7) is 6.60. The van der Waals surface area contributed by atoms with Gasteiger partial charge in [-0.15, -0.1) is 0 Å². The maximum absolute atomic E-state index is 12.8. The number of carboxylic acid groups (broad SMARTS) is 1. The van der Waals surface area contributed by atoms with Gasteiger partial charge in [0.2, 0.25) is 5.91 Å². The van der Waals surface area contributed by atoms with Crippen LogP contribution >= 0.6 is 0 Å². The third-order valence-electron chi connectivity index (χ3n) is 4.73. The molecule has 1 saturated heterocycles. The molecule has 136 valence electrons. The number of carbonyl (C=O) groups is 2. The fourth-order valence-electron chi connectivity index (χ4n) is 3.41. The molecule has 1 N–H and O–H groups in total. The largest absolute Gasteiger partial charge is 0.478 e. The Morgan fingerprint density at radius 2 is 1.96 bits per heavy atom. The van der Waals surface area contributed by atoms with Crippen LogP contribution in [0.15, 0.2) is 42.6 Å². The highest BCUT2D eigenvalue weighted by Gasteiger charge is 2.35. The van der Waals surface area contributed by atoms with Gasteiger partial charge in [-0.1, -0.05) is 32.9 Å². The van der Waals surface area contributed by atoms with Gasteiger partial charge in [-0.2, -0.15) is 0 Å². The number of aromatic carboxylic acids is 1. The molecular weight excluding hydrogens is 328 g/mol. The Hall–Kier alpha value is -2.69. The molecule has 1 aromatic heterocycles. The molecule has 0 spiro atoms. The van der Waals surface area contributed by atoms with E-state index in [1.807, 2.05) is 43.9 Å². The minimum Gasteiger partial charge on any atom is -0.478 e. The van der Waals surface area contributed by atoms with Gasteiger partial charge >= 0.3 is 5.97 Å². The molecule has 5 heteroatoms. The summed E-state index contributed by atoms with van der Waals surface area (Å²) in [4.78, 5) is 30.3. The van der Waals surface area contributed by atoms with Gasteiger partial charge in [0.25, 0.3) is 0 Å². The van der Waals surface area contributed by atoms with Crippen LogP contribution in [0, 0.1) is 5.41 Å². The molecule has 0 saturated carbocycles. The summed E-state index contributed by atoms with van der Waals surface area (Å²) in [5.74, 6) is -0.799.